The van der Waals surface area contributed by atoms with Gasteiger partial charge in [-0.2, -0.15) is 0 Å². The van der Waals surface area contributed by atoms with Crippen molar-refractivity contribution in [3.05, 3.63) is 23.5 Å². The van der Waals surface area contributed by atoms with Gasteiger partial charge in [0.25, 0.3) is 0 Å². The average Bonchev–Trinajstić information content (AvgIpc) is 2.28. The Kier molecular flexibility index (Phi) is 5.22. The van der Waals surface area contributed by atoms with E-state index in [1.165, 1.54) is 0 Å². The minimum absolute atomic E-state index is 0.285. The highest BCUT2D eigenvalue weighted by Crippen LogP contribution is 2.12. The van der Waals surface area contributed by atoms with E-state index in [2.05, 4.69) is 10.3 Å². The van der Waals surface area contributed by atoms with Crippen LogP contribution in [0.25, 0.3) is 0 Å². The standard InChI is InChI=1S/C12H20N2O2/c1-4-11(15)8-13-7-10-6-12(16-3)5-9(2)14-10/h5-6,11,13,15H,4,7-8H2,1-3H3. The first kappa shape index (κ1) is 12.9. The molecule has 0 amide bonds. The number of aromatic nitrogens is 1. The average molecular weight is 224 g/mol. The molecule has 1 aromatic rings. The van der Waals surface area contributed by atoms with E-state index >= 15 is 0 Å². The molecule has 4 heteroatoms. The molecule has 2 N–H and O–H groups in total. The van der Waals surface area contributed by atoms with E-state index in [9.17, 15) is 5.11 Å². The Labute approximate surface area is 96.7 Å². The van der Waals surface area contributed by atoms with Crippen LogP contribution in [-0.4, -0.2) is 29.8 Å². The van der Waals surface area contributed by atoms with Crippen LogP contribution in [0.4, 0.5) is 0 Å². The van der Waals surface area contributed by atoms with Crippen LogP contribution in [0.2, 0.25) is 0 Å². The van der Waals surface area contributed by atoms with E-state index in [1.54, 1.807) is 7.11 Å². The third-order valence-corrected chi connectivity index (χ3v) is 2.37. The van der Waals surface area contributed by atoms with Gasteiger partial charge in [0, 0.05) is 30.9 Å². The first-order valence-corrected chi connectivity index (χ1v) is 5.56. The van der Waals surface area contributed by atoms with Crippen molar-refractivity contribution in [1.82, 2.24) is 10.3 Å². The molecule has 0 aliphatic rings. The van der Waals surface area contributed by atoms with Gasteiger partial charge < -0.3 is 15.2 Å². The molecule has 1 atom stereocenters. The molecule has 0 bridgehead atoms. The highest BCUT2D eigenvalue weighted by Gasteiger charge is 2.02. The molecule has 0 spiro atoms. The molecule has 0 saturated carbocycles. The molecule has 16 heavy (non-hydrogen) atoms. The molecule has 1 heterocycles. The second-order valence-electron chi connectivity index (χ2n) is 3.83. The van der Waals surface area contributed by atoms with Gasteiger partial charge in [0.05, 0.1) is 18.9 Å². The number of pyridine rings is 1. The molecule has 0 saturated heterocycles. The monoisotopic (exact) mass is 224 g/mol. The van der Waals surface area contributed by atoms with E-state index in [1.807, 2.05) is 26.0 Å². The van der Waals surface area contributed by atoms with Crippen LogP contribution in [0.1, 0.15) is 24.7 Å². The van der Waals surface area contributed by atoms with E-state index in [0.29, 0.717) is 13.1 Å². The van der Waals surface area contributed by atoms with E-state index < -0.39 is 0 Å². The Morgan fingerprint density at radius 1 is 1.50 bits per heavy atom. The van der Waals surface area contributed by atoms with Crippen molar-refractivity contribution in [1.29, 1.82) is 0 Å². The zero-order chi connectivity index (χ0) is 12.0. The molecule has 1 aromatic heterocycles. The van der Waals surface area contributed by atoms with Crippen LogP contribution in [0.3, 0.4) is 0 Å². The van der Waals surface area contributed by atoms with Gasteiger partial charge in [-0.1, -0.05) is 6.92 Å². The minimum atomic E-state index is -0.285. The number of aliphatic hydroxyl groups excluding tert-OH is 1. The summed E-state index contributed by atoms with van der Waals surface area (Å²) in [4.78, 5) is 4.38. The maximum atomic E-state index is 9.38. The third kappa shape index (κ3) is 4.16. The number of nitrogens with one attached hydrogen (secondary N) is 1. The Morgan fingerprint density at radius 2 is 2.25 bits per heavy atom. The number of rotatable bonds is 6. The first-order chi connectivity index (χ1) is 7.65. The molecule has 0 radical (unpaired) electrons. The number of hydrogen-bond acceptors (Lipinski definition) is 4. The number of aryl methyl sites for hydroxylation is 1. The van der Waals surface area contributed by atoms with Crippen molar-refractivity contribution in [2.75, 3.05) is 13.7 Å². The largest absolute Gasteiger partial charge is 0.497 e. The summed E-state index contributed by atoms with van der Waals surface area (Å²) in [7, 11) is 1.65. The summed E-state index contributed by atoms with van der Waals surface area (Å²) < 4.78 is 5.17. The van der Waals surface area contributed by atoms with Crippen molar-refractivity contribution in [2.24, 2.45) is 0 Å². The number of aliphatic hydroxyl groups is 1. The van der Waals surface area contributed by atoms with Crippen molar-refractivity contribution < 1.29 is 9.84 Å². The normalized spacial score (nSPS) is 12.5. The van der Waals surface area contributed by atoms with Crippen molar-refractivity contribution in [3.8, 4) is 5.75 Å². The molecule has 0 aliphatic heterocycles. The zero-order valence-corrected chi connectivity index (χ0v) is 10.2. The summed E-state index contributed by atoms with van der Waals surface area (Å²) >= 11 is 0. The van der Waals surface area contributed by atoms with E-state index in [0.717, 1.165) is 23.6 Å². The van der Waals surface area contributed by atoms with Crippen molar-refractivity contribution >= 4 is 0 Å². The predicted octanol–water partition coefficient (Wildman–Crippen LogP) is 1.26. The summed E-state index contributed by atoms with van der Waals surface area (Å²) in [5.41, 5.74) is 1.87. The van der Waals surface area contributed by atoms with Gasteiger partial charge in [0.1, 0.15) is 5.75 Å². The second kappa shape index (κ2) is 6.45. The van der Waals surface area contributed by atoms with Gasteiger partial charge in [-0.25, -0.2) is 0 Å². The van der Waals surface area contributed by atoms with Gasteiger partial charge in [-0.3, -0.25) is 4.98 Å². The maximum Gasteiger partial charge on any atom is 0.122 e. The highest BCUT2D eigenvalue weighted by molar-refractivity contribution is 5.26. The lowest BCUT2D eigenvalue weighted by Crippen LogP contribution is -2.26. The van der Waals surface area contributed by atoms with Gasteiger partial charge in [0.2, 0.25) is 0 Å². The number of hydrogen-bond donors (Lipinski definition) is 2. The Hall–Kier alpha value is -1.13. The van der Waals surface area contributed by atoms with Crippen molar-refractivity contribution in [3.63, 3.8) is 0 Å². The third-order valence-electron chi connectivity index (χ3n) is 2.37. The smallest absolute Gasteiger partial charge is 0.122 e. The van der Waals surface area contributed by atoms with Crippen molar-refractivity contribution in [2.45, 2.75) is 32.9 Å². The number of ether oxygens (including phenoxy) is 1. The van der Waals surface area contributed by atoms with Gasteiger partial charge in [-0.15, -0.1) is 0 Å². The van der Waals surface area contributed by atoms with Crippen LogP contribution in [0.5, 0.6) is 5.75 Å². The molecule has 0 aromatic carbocycles. The quantitative estimate of drug-likeness (QED) is 0.764. The topological polar surface area (TPSA) is 54.4 Å². The summed E-state index contributed by atoms with van der Waals surface area (Å²) in [5, 5.41) is 12.5. The Morgan fingerprint density at radius 3 is 2.88 bits per heavy atom. The highest BCUT2D eigenvalue weighted by atomic mass is 16.5. The van der Waals surface area contributed by atoms with E-state index in [4.69, 9.17) is 4.74 Å². The summed E-state index contributed by atoms with van der Waals surface area (Å²) in [6.07, 6.45) is 0.476. The Bertz CT molecular complexity index is 329. The molecular weight excluding hydrogens is 204 g/mol. The summed E-state index contributed by atoms with van der Waals surface area (Å²) in [6.45, 7) is 5.14. The maximum absolute atomic E-state index is 9.38. The lowest BCUT2D eigenvalue weighted by molar-refractivity contribution is 0.167. The first-order valence-electron chi connectivity index (χ1n) is 5.56. The fraction of sp³-hybridized carbons (Fsp3) is 0.583. The molecule has 0 fully saturated rings. The fourth-order valence-electron chi connectivity index (χ4n) is 1.42. The van der Waals surface area contributed by atoms with E-state index in [-0.39, 0.29) is 6.10 Å². The molecule has 1 rings (SSSR count). The SMILES string of the molecule is CCC(O)CNCc1cc(OC)cc(C)n1. The molecular formula is C12H20N2O2. The van der Waals surface area contributed by atoms with Gasteiger partial charge >= 0.3 is 0 Å². The predicted molar refractivity (Wildman–Crippen MR) is 63.5 cm³/mol. The fourth-order valence-corrected chi connectivity index (χ4v) is 1.42. The lowest BCUT2D eigenvalue weighted by Gasteiger charge is -2.10. The Balaban J connectivity index is 2.50. The molecule has 1 unspecified atom stereocenters. The molecule has 0 aliphatic carbocycles. The molecule has 90 valence electrons. The summed E-state index contributed by atoms with van der Waals surface area (Å²) in [6, 6.07) is 3.79. The van der Waals surface area contributed by atoms with Gasteiger partial charge in [0.15, 0.2) is 0 Å². The zero-order valence-electron chi connectivity index (χ0n) is 10.2. The van der Waals surface area contributed by atoms with Crippen LogP contribution < -0.4 is 10.1 Å². The number of nitrogens with zero attached hydrogens (tertiary/aromatic N) is 1. The second-order valence-corrected chi connectivity index (χ2v) is 3.83. The summed E-state index contributed by atoms with van der Waals surface area (Å²) in [5.74, 6) is 0.820. The molecule has 4 nitrogen and oxygen atoms in total. The van der Waals surface area contributed by atoms with Crippen LogP contribution >= 0.6 is 0 Å². The minimum Gasteiger partial charge on any atom is -0.497 e. The number of methoxy groups -OCH3 is 1. The lowest BCUT2D eigenvalue weighted by atomic mass is 10.2. The van der Waals surface area contributed by atoms with Crippen LogP contribution in [0, 0.1) is 6.92 Å². The van der Waals surface area contributed by atoms with Gasteiger partial charge in [-0.05, 0) is 13.3 Å². The van der Waals surface area contributed by atoms with Crippen LogP contribution in [-0.2, 0) is 6.54 Å². The van der Waals surface area contributed by atoms with Crippen LogP contribution in [0.15, 0.2) is 12.1 Å².